The van der Waals surface area contributed by atoms with Crippen molar-refractivity contribution in [3.05, 3.63) is 0 Å². The minimum Gasteiger partial charge on any atom is -0.381 e. The van der Waals surface area contributed by atoms with Crippen molar-refractivity contribution in [2.75, 3.05) is 78.9 Å². The van der Waals surface area contributed by atoms with Crippen molar-refractivity contribution in [3.8, 4) is 0 Å². The predicted octanol–water partition coefficient (Wildman–Crippen LogP) is 2.01. The minimum atomic E-state index is 0.803. The molecular formula is C18H36N2O3. The Morgan fingerprint density at radius 2 is 0.826 bits per heavy atom. The molecule has 0 aromatic rings. The molecule has 0 aliphatic carbocycles. The van der Waals surface area contributed by atoms with Gasteiger partial charge in [-0.2, -0.15) is 0 Å². The quantitative estimate of drug-likeness (QED) is 0.456. The van der Waals surface area contributed by atoms with Crippen molar-refractivity contribution >= 4 is 0 Å². The topological polar surface area (TPSA) is 34.2 Å². The van der Waals surface area contributed by atoms with Gasteiger partial charge in [0.25, 0.3) is 0 Å². The highest BCUT2D eigenvalue weighted by Gasteiger charge is 2.10. The Hall–Kier alpha value is -0.200. The lowest BCUT2D eigenvalue weighted by Gasteiger charge is -2.14. The van der Waals surface area contributed by atoms with Gasteiger partial charge in [0.1, 0.15) is 0 Å². The lowest BCUT2D eigenvalue weighted by molar-refractivity contribution is 0.0557. The van der Waals surface area contributed by atoms with E-state index in [2.05, 4.69) is 9.80 Å². The van der Waals surface area contributed by atoms with Crippen LogP contribution < -0.4 is 0 Å². The van der Waals surface area contributed by atoms with Crippen LogP contribution in [0.1, 0.15) is 38.5 Å². The molecule has 0 N–H and O–H groups in total. The zero-order chi connectivity index (χ0) is 16.0. The standard InChI is InChI=1S/C18H36N2O3/c1-2-8-19(7-1)11-17-22-15-5-13-21-14-6-16-23-18-12-20-9-3-4-10-20/h1-18H2. The molecule has 0 spiro atoms. The fourth-order valence-electron chi connectivity index (χ4n) is 3.23. The fraction of sp³-hybridized carbons (Fsp3) is 1.00. The van der Waals surface area contributed by atoms with Crippen molar-refractivity contribution in [1.29, 1.82) is 0 Å². The summed E-state index contributed by atoms with van der Waals surface area (Å²) in [6, 6.07) is 0. The summed E-state index contributed by atoms with van der Waals surface area (Å²) in [4.78, 5) is 4.97. The van der Waals surface area contributed by atoms with Gasteiger partial charge in [0.15, 0.2) is 0 Å². The van der Waals surface area contributed by atoms with E-state index in [9.17, 15) is 0 Å². The maximum absolute atomic E-state index is 5.65. The smallest absolute Gasteiger partial charge is 0.0593 e. The van der Waals surface area contributed by atoms with Crippen LogP contribution in [0.2, 0.25) is 0 Å². The van der Waals surface area contributed by atoms with E-state index in [0.717, 1.165) is 65.6 Å². The Balaban J connectivity index is 1.22. The van der Waals surface area contributed by atoms with Crippen LogP contribution in [0.5, 0.6) is 0 Å². The van der Waals surface area contributed by atoms with Crippen LogP contribution in [0.3, 0.4) is 0 Å². The highest BCUT2D eigenvalue weighted by Crippen LogP contribution is 2.06. The normalized spacial score (nSPS) is 19.8. The molecule has 0 aromatic heterocycles. The molecule has 2 heterocycles. The number of rotatable bonds is 14. The van der Waals surface area contributed by atoms with E-state index in [1.165, 1.54) is 51.9 Å². The molecule has 0 aromatic carbocycles. The maximum Gasteiger partial charge on any atom is 0.0593 e. The van der Waals surface area contributed by atoms with Gasteiger partial charge in [-0.1, -0.05) is 0 Å². The number of nitrogens with zero attached hydrogens (tertiary/aromatic N) is 2. The van der Waals surface area contributed by atoms with Gasteiger partial charge in [0.05, 0.1) is 13.2 Å². The third-order valence-electron chi connectivity index (χ3n) is 4.66. The Morgan fingerprint density at radius 3 is 1.22 bits per heavy atom. The monoisotopic (exact) mass is 328 g/mol. The summed E-state index contributed by atoms with van der Waals surface area (Å²) in [5, 5.41) is 0. The molecule has 2 saturated heterocycles. The zero-order valence-corrected chi connectivity index (χ0v) is 14.8. The SMILES string of the molecule is C(COCCCOCCN1CCCC1)COCCN1CCCC1. The third-order valence-corrected chi connectivity index (χ3v) is 4.66. The van der Waals surface area contributed by atoms with E-state index in [-0.39, 0.29) is 0 Å². The molecule has 2 rings (SSSR count). The second-order valence-corrected chi connectivity index (χ2v) is 6.64. The van der Waals surface area contributed by atoms with Gasteiger partial charge >= 0.3 is 0 Å². The molecule has 0 unspecified atom stereocenters. The first-order valence-corrected chi connectivity index (χ1v) is 9.63. The molecule has 136 valence electrons. The van der Waals surface area contributed by atoms with Gasteiger partial charge < -0.3 is 24.0 Å². The van der Waals surface area contributed by atoms with Gasteiger partial charge in [0, 0.05) is 39.5 Å². The molecule has 5 heteroatoms. The Morgan fingerprint density at radius 1 is 0.478 bits per heavy atom. The average molecular weight is 328 g/mol. The second kappa shape index (κ2) is 13.1. The lowest BCUT2D eigenvalue weighted by Crippen LogP contribution is -2.24. The largest absolute Gasteiger partial charge is 0.381 e. The van der Waals surface area contributed by atoms with E-state index in [0.29, 0.717) is 0 Å². The van der Waals surface area contributed by atoms with Crippen molar-refractivity contribution < 1.29 is 14.2 Å². The van der Waals surface area contributed by atoms with Crippen molar-refractivity contribution in [2.45, 2.75) is 38.5 Å². The summed E-state index contributed by atoms with van der Waals surface area (Å²) >= 11 is 0. The molecule has 0 amide bonds. The molecule has 5 nitrogen and oxygen atoms in total. The van der Waals surface area contributed by atoms with E-state index in [1.807, 2.05) is 0 Å². The summed E-state index contributed by atoms with van der Waals surface area (Å²) < 4.78 is 16.9. The number of likely N-dealkylation sites (tertiary alicyclic amines) is 2. The summed E-state index contributed by atoms with van der Waals surface area (Å²) in [6.45, 7) is 12.2. The average Bonchev–Trinajstić information content (AvgIpc) is 3.25. The molecule has 0 radical (unpaired) electrons. The van der Waals surface area contributed by atoms with Gasteiger partial charge in [-0.25, -0.2) is 0 Å². The zero-order valence-electron chi connectivity index (χ0n) is 14.8. The molecule has 23 heavy (non-hydrogen) atoms. The van der Waals surface area contributed by atoms with Gasteiger partial charge in [-0.3, -0.25) is 0 Å². The first kappa shape index (κ1) is 19.1. The molecular weight excluding hydrogens is 292 g/mol. The highest BCUT2D eigenvalue weighted by atomic mass is 16.5. The number of ether oxygens (including phenoxy) is 3. The van der Waals surface area contributed by atoms with Gasteiger partial charge in [-0.05, 0) is 64.7 Å². The minimum absolute atomic E-state index is 0.803. The van der Waals surface area contributed by atoms with E-state index >= 15 is 0 Å². The number of hydrogen-bond acceptors (Lipinski definition) is 5. The van der Waals surface area contributed by atoms with E-state index in [4.69, 9.17) is 14.2 Å². The lowest BCUT2D eigenvalue weighted by atomic mass is 10.4. The highest BCUT2D eigenvalue weighted by molar-refractivity contribution is 4.65. The van der Waals surface area contributed by atoms with Crippen molar-refractivity contribution in [2.24, 2.45) is 0 Å². The van der Waals surface area contributed by atoms with E-state index in [1.54, 1.807) is 0 Å². The van der Waals surface area contributed by atoms with Crippen molar-refractivity contribution in [1.82, 2.24) is 9.80 Å². The van der Waals surface area contributed by atoms with Crippen LogP contribution >= 0.6 is 0 Å². The summed E-state index contributed by atoms with van der Waals surface area (Å²) in [5.41, 5.74) is 0. The van der Waals surface area contributed by atoms with Crippen LogP contribution in [-0.2, 0) is 14.2 Å². The van der Waals surface area contributed by atoms with Crippen LogP contribution in [0.15, 0.2) is 0 Å². The van der Waals surface area contributed by atoms with Crippen LogP contribution in [0.4, 0.5) is 0 Å². The van der Waals surface area contributed by atoms with Crippen molar-refractivity contribution in [3.63, 3.8) is 0 Å². The van der Waals surface area contributed by atoms with E-state index < -0.39 is 0 Å². The summed E-state index contributed by atoms with van der Waals surface area (Å²) in [7, 11) is 0. The molecule has 0 bridgehead atoms. The summed E-state index contributed by atoms with van der Waals surface area (Å²) in [6.07, 6.45) is 7.42. The molecule has 2 aliphatic heterocycles. The molecule has 2 aliphatic rings. The predicted molar refractivity (Wildman–Crippen MR) is 93.0 cm³/mol. The summed E-state index contributed by atoms with van der Waals surface area (Å²) in [5.74, 6) is 0. The van der Waals surface area contributed by atoms with Crippen LogP contribution in [0.25, 0.3) is 0 Å². The first-order valence-electron chi connectivity index (χ1n) is 9.63. The van der Waals surface area contributed by atoms with Gasteiger partial charge in [-0.15, -0.1) is 0 Å². The van der Waals surface area contributed by atoms with Crippen LogP contribution in [0, 0.1) is 0 Å². The second-order valence-electron chi connectivity index (χ2n) is 6.64. The Bertz CT molecular complexity index is 241. The van der Waals surface area contributed by atoms with Crippen LogP contribution in [-0.4, -0.2) is 88.7 Å². The molecule has 0 saturated carbocycles. The first-order chi connectivity index (χ1) is 11.4. The Kier molecular flexibility index (Phi) is 10.9. The maximum atomic E-state index is 5.65. The fourth-order valence-corrected chi connectivity index (χ4v) is 3.23. The molecule has 0 atom stereocenters. The number of hydrogen-bond donors (Lipinski definition) is 0. The third kappa shape index (κ3) is 9.62. The Labute approximate surface area is 142 Å². The van der Waals surface area contributed by atoms with Gasteiger partial charge in [0.2, 0.25) is 0 Å². The molecule has 2 fully saturated rings.